The third-order valence-electron chi connectivity index (χ3n) is 3.58. The maximum absolute atomic E-state index is 12.4. The van der Waals surface area contributed by atoms with Gasteiger partial charge in [-0.2, -0.15) is 0 Å². The summed E-state index contributed by atoms with van der Waals surface area (Å²) in [7, 11) is 1.65. The maximum atomic E-state index is 12.4. The van der Waals surface area contributed by atoms with E-state index in [-0.39, 0.29) is 5.91 Å². The molecule has 0 aliphatic carbocycles. The van der Waals surface area contributed by atoms with E-state index in [0.29, 0.717) is 32.2 Å². The van der Waals surface area contributed by atoms with Gasteiger partial charge < -0.3 is 15.0 Å². The number of pyridine rings is 1. The van der Waals surface area contributed by atoms with Crippen LogP contribution in [0.4, 0.5) is 0 Å². The minimum Gasteiger partial charge on any atom is -0.383 e. The molecule has 0 spiro atoms. The number of methoxy groups -OCH3 is 1. The van der Waals surface area contributed by atoms with E-state index in [1.807, 2.05) is 23.1 Å². The number of hydrogen-bond acceptors (Lipinski definition) is 4. The number of ether oxygens (including phenoxy) is 1. The first-order valence-electron chi connectivity index (χ1n) is 7.19. The molecule has 0 saturated carbocycles. The fourth-order valence-electron chi connectivity index (χ4n) is 2.45. The summed E-state index contributed by atoms with van der Waals surface area (Å²) in [6, 6.07) is 6.10. The molecule has 1 aromatic heterocycles. The highest BCUT2D eigenvalue weighted by Crippen LogP contribution is 2.12. The standard InChI is InChI=1S/C15H23N3O2/c1-20-10-9-18(12-14-5-2-3-7-17-14)15(19)11-13-6-4-8-16-13/h2-3,5,7,13,16H,4,6,8-12H2,1H3. The van der Waals surface area contributed by atoms with Gasteiger partial charge in [0.15, 0.2) is 0 Å². The summed E-state index contributed by atoms with van der Waals surface area (Å²) >= 11 is 0. The Morgan fingerprint density at radius 3 is 3.10 bits per heavy atom. The van der Waals surface area contributed by atoms with Gasteiger partial charge in [0.1, 0.15) is 0 Å². The molecule has 20 heavy (non-hydrogen) atoms. The highest BCUT2D eigenvalue weighted by Gasteiger charge is 2.21. The molecule has 0 radical (unpaired) electrons. The van der Waals surface area contributed by atoms with Crippen LogP contribution in [0.5, 0.6) is 0 Å². The van der Waals surface area contributed by atoms with Crippen LogP contribution in [-0.2, 0) is 16.1 Å². The lowest BCUT2D eigenvalue weighted by atomic mass is 10.1. The first-order valence-corrected chi connectivity index (χ1v) is 7.19. The zero-order chi connectivity index (χ0) is 14.2. The molecule has 1 aromatic rings. The van der Waals surface area contributed by atoms with E-state index in [4.69, 9.17) is 4.74 Å². The van der Waals surface area contributed by atoms with Gasteiger partial charge in [0.25, 0.3) is 0 Å². The molecular formula is C15H23N3O2. The van der Waals surface area contributed by atoms with E-state index in [9.17, 15) is 4.79 Å². The molecule has 2 rings (SSSR count). The van der Waals surface area contributed by atoms with Crippen molar-refractivity contribution in [2.75, 3.05) is 26.8 Å². The number of aromatic nitrogens is 1. The molecule has 5 nitrogen and oxygen atoms in total. The van der Waals surface area contributed by atoms with E-state index < -0.39 is 0 Å². The summed E-state index contributed by atoms with van der Waals surface area (Å²) in [5, 5.41) is 3.37. The summed E-state index contributed by atoms with van der Waals surface area (Å²) < 4.78 is 5.10. The average Bonchev–Trinajstić information content (AvgIpc) is 2.97. The lowest BCUT2D eigenvalue weighted by Gasteiger charge is -2.23. The van der Waals surface area contributed by atoms with Crippen molar-refractivity contribution in [1.82, 2.24) is 15.2 Å². The number of rotatable bonds is 7. The predicted octanol–water partition coefficient (Wildman–Crippen LogP) is 1.20. The Labute approximate surface area is 120 Å². The quantitative estimate of drug-likeness (QED) is 0.813. The first kappa shape index (κ1) is 14.9. The summed E-state index contributed by atoms with van der Waals surface area (Å²) in [5.74, 6) is 0.173. The van der Waals surface area contributed by atoms with Gasteiger partial charge in [0.2, 0.25) is 5.91 Å². The molecular weight excluding hydrogens is 254 g/mol. The Bertz CT molecular complexity index is 405. The number of hydrogen-bond donors (Lipinski definition) is 1. The summed E-state index contributed by atoms with van der Waals surface area (Å²) in [6.45, 7) is 2.74. The van der Waals surface area contributed by atoms with Crippen molar-refractivity contribution < 1.29 is 9.53 Å². The molecule has 2 heterocycles. The summed E-state index contributed by atoms with van der Waals surface area (Å²) in [4.78, 5) is 18.5. The van der Waals surface area contributed by atoms with Gasteiger partial charge in [0.05, 0.1) is 18.8 Å². The van der Waals surface area contributed by atoms with Gasteiger partial charge in [-0.25, -0.2) is 0 Å². The maximum Gasteiger partial charge on any atom is 0.224 e. The molecule has 5 heteroatoms. The van der Waals surface area contributed by atoms with Crippen molar-refractivity contribution in [1.29, 1.82) is 0 Å². The van der Waals surface area contributed by atoms with Crippen LogP contribution in [0.25, 0.3) is 0 Å². The van der Waals surface area contributed by atoms with Crippen LogP contribution in [0.15, 0.2) is 24.4 Å². The van der Waals surface area contributed by atoms with Crippen LogP contribution in [0, 0.1) is 0 Å². The number of carbonyl (C=O) groups is 1. The lowest BCUT2D eigenvalue weighted by molar-refractivity contribution is -0.133. The number of carbonyl (C=O) groups excluding carboxylic acids is 1. The minimum absolute atomic E-state index is 0.173. The average molecular weight is 277 g/mol. The smallest absolute Gasteiger partial charge is 0.224 e. The molecule has 1 saturated heterocycles. The van der Waals surface area contributed by atoms with E-state index in [2.05, 4.69) is 10.3 Å². The van der Waals surface area contributed by atoms with Gasteiger partial charge in [-0.1, -0.05) is 6.07 Å². The zero-order valence-electron chi connectivity index (χ0n) is 12.0. The van der Waals surface area contributed by atoms with Gasteiger partial charge in [-0.15, -0.1) is 0 Å². The number of amides is 1. The van der Waals surface area contributed by atoms with Crippen LogP contribution >= 0.6 is 0 Å². The number of nitrogens with one attached hydrogen (secondary N) is 1. The van der Waals surface area contributed by atoms with Crippen LogP contribution in [0.1, 0.15) is 25.0 Å². The summed E-state index contributed by atoms with van der Waals surface area (Å²) in [6.07, 6.45) is 4.58. The Balaban J connectivity index is 1.92. The fourth-order valence-corrected chi connectivity index (χ4v) is 2.45. The molecule has 1 aliphatic rings. The van der Waals surface area contributed by atoms with Gasteiger partial charge in [-0.05, 0) is 31.5 Å². The van der Waals surface area contributed by atoms with Crippen molar-refractivity contribution in [3.05, 3.63) is 30.1 Å². The zero-order valence-corrected chi connectivity index (χ0v) is 12.0. The third-order valence-corrected chi connectivity index (χ3v) is 3.58. The molecule has 1 N–H and O–H groups in total. The second kappa shape index (κ2) is 7.97. The summed E-state index contributed by atoms with van der Waals surface area (Å²) in [5.41, 5.74) is 0.913. The Morgan fingerprint density at radius 1 is 1.55 bits per heavy atom. The predicted molar refractivity (Wildman–Crippen MR) is 77.2 cm³/mol. The van der Waals surface area contributed by atoms with Crippen LogP contribution in [0.2, 0.25) is 0 Å². The molecule has 0 aromatic carbocycles. The minimum atomic E-state index is 0.173. The number of nitrogens with zero attached hydrogens (tertiary/aromatic N) is 2. The van der Waals surface area contributed by atoms with Crippen molar-refractivity contribution in [2.24, 2.45) is 0 Å². The van der Waals surface area contributed by atoms with E-state index in [1.165, 1.54) is 0 Å². The van der Waals surface area contributed by atoms with Crippen LogP contribution < -0.4 is 5.32 Å². The Kier molecular flexibility index (Phi) is 5.95. The Hall–Kier alpha value is -1.46. The van der Waals surface area contributed by atoms with Crippen LogP contribution in [-0.4, -0.2) is 48.6 Å². The molecule has 0 bridgehead atoms. The third kappa shape index (κ3) is 4.58. The molecule has 110 valence electrons. The SMILES string of the molecule is COCCN(Cc1ccccn1)C(=O)CC1CCCN1. The molecule has 1 amide bonds. The van der Waals surface area contributed by atoms with Crippen LogP contribution in [0.3, 0.4) is 0 Å². The monoisotopic (exact) mass is 277 g/mol. The van der Waals surface area contributed by atoms with E-state index in [0.717, 1.165) is 25.1 Å². The van der Waals surface area contributed by atoms with E-state index in [1.54, 1.807) is 13.3 Å². The van der Waals surface area contributed by atoms with Crippen molar-refractivity contribution in [3.63, 3.8) is 0 Å². The first-order chi connectivity index (χ1) is 9.79. The van der Waals surface area contributed by atoms with E-state index >= 15 is 0 Å². The van der Waals surface area contributed by atoms with Crippen molar-refractivity contribution in [3.8, 4) is 0 Å². The second-order valence-electron chi connectivity index (χ2n) is 5.13. The highest BCUT2D eigenvalue weighted by molar-refractivity contribution is 5.76. The largest absolute Gasteiger partial charge is 0.383 e. The van der Waals surface area contributed by atoms with Crippen molar-refractivity contribution >= 4 is 5.91 Å². The van der Waals surface area contributed by atoms with Gasteiger partial charge >= 0.3 is 0 Å². The molecule has 1 fully saturated rings. The lowest BCUT2D eigenvalue weighted by Crippen LogP contribution is -2.37. The van der Waals surface area contributed by atoms with Gasteiger partial charge in [0, 0.05) is 32.3 Å². The molecule has 1 atom stereocenters. The Morgan fingerprint density at radius 2 is 2.45 bits per heavy atom. The normalized spacial score (nSPS) is 18.1. The molecule has 1 aliphatic heterocycles. The molecule has 1 unspecified atom stereocenters. The highest BCUT2D eigenvalue weighted by atomic mass is 16.5. The van der Waals surface area contributed by atoms with Gasteiger partial charge in [-0.3, -0.25) is 9.78 Å². The topological polar surface area (TPSA) is 54.5 Å². The van der Waals surface area contributed by atoms with Crippen molar-refractivity contribution in [2.45, 2.75) is 31.8 Å². The fraction of sp³-hybridized carbons (Fsp3) is 0.600. The second-order valence-corrected chi connectivity index (χ2v) is 5.13.